The molecule has 1 aromatic heterocycles. The predicted octanol–water partition coefficient (Wildman–Crippen LogP) is 2.24. The van der Waals surface area contributed by atoms with Crippen LogP contribution >= 0.6 is 0 Å². The molecule has 4 rings (SSSR count). The van der Waals surface area contributed by atoms with E-state index in [1.165, 1.54) is 24.3 Å². The maximum Gasteiger partial charge on any atom is 0.386 e. The Labute approximate surface area is 166 Å². The van der Waals surface area contributed by atoms with Gasteiger partial charge in [0.1, 0.15) is 4.90 Å². The van der Waals surface area contributed by atoms with Gasteiger partial charge >= 0.3 is 21.5 Å². The lowest BCUT2D eigenvalue weighted by molar-refractivity contribution is -0.620. The molecule has 0 spiro atoms. The topological polar surface area (TPSA) is 124 Å². The third kappa shape index (κ3) is 3.05. The number of hydrogen-bond donors (Lipinski definition) is 1. The van der Waals surface area contributed by atoms with Crippen molar-refractivity contribution >= 4 is 37.6 Å². The third-order valence-electron chi connectivity index (χ3n) is 4.57. The quantitative estimate of drug-likeness (QED) is 0.413. The molecule has 8 nitrogen and oxygen atoms in total. The Bertz CT molecular complexity index is 1440. The van der Waals surface area contributed by atoms with Gasteiger partial charge in [-0.1, -0.05) is 36.4 Å². The molecule has 0 unspecified atom stereocenters. The minimum Gasteiger partial charge on any atom is -0.710 e. The first-order valence-corrected chi connectivity index (χ1v) is 10.0. The van der Waals surface area contributed by atoms with Gasteiger partial charge in [0.15, 0.2) is 6.07 Å². The second-order valence-corrected chi connectivity index (χ2v) is 8.19. The number of benzene rings is 3. The Balaban J connectivity index is 1.89. The maximum atomic E-state index is 12.9. The summed E-state index contributed by atoms with van der Waals surface area (Å²) in [6, 6.07) is 17.8. The van der Waals surface area contributed by atoms with Crippen LogP contribution in [0.5, 0.6) is 0 Å². The number of nitrogens with one attached hydrogen (secondary N) is 1. The van der Waals surface area contributed by atoms with Gasteiger partial charge in [0, 0.05) is 6.07 Å². The van der Waals surface area contributed by atoms with E-state index in [1.807, 2.05) is 12.1 Å². The molecule has 0 saturated heterocycles. The molecule has 0 aliphatic heterocycles. The van der Waals surface area contributed by atoms with Crippen molar-refractivity contribution in [1.29, 1.82) is 5.26 Å². The van der Waals surface area contributed by atoms with E-state index in [4.69, 9.17) is 0 Å². The maximum absolute atomic E-state index is 12.9. The summed E-state index contributed by atoms with van der Waals surface area (Å²) in [6.45, 7) is 1.73. The van der Waals surface area contributed by atoms with Crippen molar-refractivity contribution in [3.8, 4) is 6.07 Å². The summed E-state index contributed by atoms with van der Waals surface area (Å²) in [6.07, 6.45) is 0. The Morgan fingerprint density at radius 2 is 1.66 bits per heavy atom. The summed E-state index contributed by atoms with van der Waals surface area (Å²) in [5.74, 6) is -0.646. The van der Waals surface area contributed by atoms with Crippen LogP contribution in [0.25, 0.3) is 21.8 Å². The molecule has 144 valence electrons. The van der Waals surface area contributed by atoms with Crippen LogP contribution in [0.2, 0.25) is 0 Å². The van der Waals surface area contributed by atoms with Crippen LogP contribution in [0.4, 0.5) is 5.82 Å². The number of fused-ring (bicyclic) bond motifs is 2. The van der Waals surface area contributed by atoms with Gasteiger partial charge < -0.3 is 10.4 Å². The number of hydrogen-bond acceptors (Lipinski definition) is 5. The number of aryl methyl sites for hydroxylation is 1. The number of rotatable bonds is 3. The SMILES string of the molecule is Cc1ccc2c(c1)[n+]([O-])c(C#N)c(NS(=O)(=O)c1ccc3ccccc3c1)[n+]2[O-]. The zero-order valence-corrected chi connectivity index (χ0v) is 16.0. The highest BCUT2D eigenvalue weighted by Gasteiger charge is 2.32. The first kappa shape index (κ1) is 18.5. The third-order valence-corrected chi connectivity index (χ3v) is 5.90. The van der Waals surface area contributed by atoms with E-state index >= 15 is 0 Å². The second-order valence-electron chi connectivity index (χ2n) is 6.50. The minimum atomic E-state index is -4.23. The summed E-state index contributed by atoms with van der Waals surface area (Å²) in [4.78, 5) is -0.0958. The lowest BCUT2D eigenvalue weighted by atomic mass is 10.1. The second kappa shape index (κ2) is 6.61. The fourth-order valence-electron chi connectivity index (χ4n) is 3.11. The minimum absolute atomic E-state index is 0.0230. The van der Waals surface area contributed by atoms with Crippen molar-refractivity contribution in [2.24, 2.45) is 0 Å². The average Bonchev–Trinajstić information content (AvgIpc) is 2.71. The van der Waals surface area contributed by atoms with E-state index in [-0.39, 0.29) is 25.4 Å². The van der Waals surface area contributed by atoms with E-state index < -0.39 is 21.5 Å². The normalized spacial score (nSPS) is 11.4. The van der Waals surface area contributed by atoms with Gasteiger partial charge in [-0.05, 0) is 41.5 Å². The van der Waals surface area contributed by atoms with Crippen LogP contribution in [0.15, 0.2) is 65.6 Å². The Hall–Kier alpha value is -3.90. The molecule has 0 aliphatic carbocycles. The molecule has 0 fully saturated rings. The van der Waals surface area contributed by atoms with Crippen molar-refractivity contribution < 1.29 is 17.9 Å². The summed E-state index contributed by atoms with van der Waals surface area (Å²) >= 11 is 0. The highest BCUT2D eigenvalue weighted by atomic mass is 32.2. The highest BCUT2D eigenvalue weighted by Crippen LogP contribution is 2.22. The first-order valence-electron chi connectivity index (χ1n) is 8.53. The molecule has 0 radical (unpaired) electrons. The fraction of sp³-hybridized carbons (Fsp3) is 0.0500. The zero-order valence-electron chi connectivity index (χ0n) is 15.2. The fourth-order valence-corrected chi connectivity index (χ4v) is 4.19. The van der Waals surface area contributed by atoms with Crippen molar-refractivity contribution in [3.05, 3.63) is 82.3 Å². The smallest absolute Gasteiger partial charge is 0.386 e. The van der Waals surface area contributed by atoms with E-state index in [2.05, 4.69) is 4.72 Å². The van der Waals surface area contributed by atoms with Crippen LogP contribution in [-0.4, -0.2) is 8.42 Å². The molecule has 0 aliphatic rings. The van der Waals surface area contributed by atoms with Crippen LogP contribution in [0, 0.1) is 28.7 Å². The van der Waals surface area contributed by atoms with Gasteiger partial charge in [-0.2, -0.15) is 18.4 Å². The molecule has 0 bridgehead atoms. The summed E-state index contributed by atoms with van der Waals surface area (Å²) in [5, 5.41) is 36.3. The number of nitriles is 1. The lowest BCUT2D eigenvalue weighted by Gasteiger charge is -2.13. The summed E-state index contributed by atoms with van der Waals surface area (Å²) in [5.41, 5.74) is 0.00367. The molecule has 9 heteroatoms. The number of sulfonamides is 1. The van der Waals surface area contributed by atoms with E-state index in [0.29, 0.717) is 5.39 Å². The zero-order chi connectivity index (χ0) is 20.8. The summed E-state index contributed by atoms with van der Waals surface area (Å²) in [7, 11) is -4.23. The molecule has 0 amide bonds. The first-order chi connectivity index (χ1) is 13.8. The summed E-state index contributed by atoms with van der Waals surface area (Å²) < 4.78 is 28.4. The van der Waals surface area contributed by atoms with Crippen LogP contribution in [0.3, 0.4) is 0 Å². The number of nitrogens with zero attached hydrogens (tertiary/aromatic N) is 3. The molecule has 4 aromatic rings. The Morgan fingerprint density at radius 1 is 0.931 bits per heavy atom. The Morgan fingerprint density at radius 3 is 2.38 bits per heavy atom. The Kier molecular flexibility index (Phi) is 4.21. The average molecular weight is 406 g/mol. The van der Waals surface area contributed by atoms with Gasteiger partial charge in [0.05, 0.1) is 0 Å². The van der Waals surface area contributed by atoms with Gasteiger partial charge in [0.25, 0.3) is 5.52 Å². The largest absolute Gasteiger partial charge is 0.710 e. The predicted molar refractivity (Wildman–Crippen MR) is 106 cm³/mol. The van der Waals surface area contributed by atoms with Crippen LogP contribution in [0.1, 0.15) is 11.3 Å². The molecule has 0 atom stereocenters. The number of anilines is 1. The van der Waals surface area contributed by atoms with Gasteiger partial charge in [-0.15, -0.1) is 4.73 Å². The van der Waals surface area contributed by atoms with Crippen LogP contribution in [-0.2, 0) is 10.0 Å². The van der Waals surface area contributed by atoms with Crippen molar-refractivity contribution in [3.63, 3.8) is 0 Å². The van der Waals surface area contributed by atoms with E-state index in [9.17, 15) is 24.1 Å². The van der Waals surface area contributed by atoms with E-state index in [0.717, 1.165) is 10.9 Å². The highest BCUT2D eigenvalue weighted by molar-refractivity contribution is 7.92. The molecule has 1 heterocycles. The lowest BCUT2D eigenvalue weighted by Crippen LogP contribution is -2.44. The molecule has 29 heavy (non-hydrogen) atoms. The van der Waals surface area contributed by atoms with Crippen molar-refractivity contribution in [2.75, 3.05) is 4.72 Å². The van der Waals surface area contributed by atoms with Crippen LogP contribution < -0.4 is 14.2 Å². The van der Waals surface area contributed by atoms with Gasteiger partial charge in [-0.25, -0.2) is 4.73 Å². The van der Waals surface area contributed by atoms with Gasteiger partial charge in [-0.3, -0.25) is 0 Å². The van der Waals surface area contributed by atoms with Crippen molar-refractivity contribution in [1.82, 2.24) is 0 Å². The molecular formula is C20H14N4O4S. The van der Waals surface area contributed by atoms with E-state index in [1.54, 1.807) is 37.3 Å². The molecule has 0 saturated carbocycles. The standard InChI is InChI=1S/C20H14N4O4S/c1-13-6-9-17-18(10-13)23(25)19(12-21)20(24(17)26)22-29(27,28)16-8-7-14-4-2-3-5-15(14)11-16/h2-11,22H,1H3. The van der Waals surface area contributed by atoms with Gasteiger partial charge in [0.2, 0.25) is 5.52 Å². The van der Waals surface area contributed by atoms with Crippen molar-refractivity contribution in [2.45, 2.75) is 11.8 Å². The molecular weight excluding hydrogens is 392 g/mol. The molecule has 1 N–H and O–H groups in total. The monoisotopic (exact) mass is 406 g/mol. The molecule has 3 aromatic carbocycles. The number of aromatic nitrogens is 2.